The van der Waals surface area contributed by atoms with E-state index >= 15 is 0 Å². The average Bonchev–Trinajstić information content (AvgIpc) is 2.54. The second-order valence-corrected chi connectivity index (χ2v) is 5.64. The fourth-order valence-corrected chi connectivity index (χ4v) is 2.29. The van der Waals surface area contributed by atoms with Crippen LogP contribution < -0.4 is 0 Å². The van der Waals surface area contributed by atoms with Gasteiger partial charge in [0.05, 0.1) is 5.56 Å². The molecule has 0 fully saturated rings. The molecule has 0 N–H and O–H groups in total. The van der Waals surface area contributed by atoms with Gasteiger partial charge in [-0.25, -0.2) is 4.79 Å². The minimum Gasteiger partial charge on any atom is -0.446 e. The van der Waals surface area contributed by atoms with Gasteiger partial charge in [-0.3, -0.25) is 0 Å². The normalized spacial score (nSPS) is 13.9. The maximum atomic E-state index is 12.8. The third-order valence-corrected chi connectivity index (χ3v) is 3.73. The van der Waals surface area contributed by atoms with Gasteiger partial charge in [-0.05, 0) is 37.1 Å². The summed E-state index contributed by atoms with van der Waals surface area (Å²) in [6.45, 7) is 6.71. The lowest BCUT2D eigenvalue weighted by molar-refractivity contribution is -0.150. The predicted molar refractivity (Wildman–Crippen MR) is 85.2 cm³/mol. The molecule has 0 saturated heterocycles. The lowest BCUT2D eigenvalue weighted by Gasteiger charge is -2.31. The minimum atomic E-state index is -4.42. The summed E-state index contributed by atoms with van der Waals surface area (Å²) in [6.07, 6.45) is -4.42. The molecule has 0 radical (unpaired) electrons. The summed E-state index contributed by atoms with van der Waals surface area (Å²) in [5.74, 6) is -0.610. The Kier molecular flexibility index (Phi) is 4.83. The molecule has 0 bridgehead atoms. The molecule has 2 aromatic carbocycles. The molecule has 0 saturated carbocycles. The van der Waals surface area contributed by atoms with Gasteiger partial charge in [0.25, 0.3) is 0 Å². The quantitative estimate of drug-likeness (QED) is 0.575. The fourth-order valence-electron chi connectivity index (χ4n) is 2.29. The van der Waals surface area contributed by atoms with Gasteiger partial charge in [-0.2, -0.15) is 13.2 Å². The molecule has 0 aliphatic heterocycles. The van der Waals surface area contributed by atoms with Crippen LogP contribution in [0, 0.1) is 0 Å². The number of halogens is 3. The Morgan fingerprint density at radius 1 is 0.917 bits per heavy atom. The van der Waals surface area contributed by atoms with Crippen LogP contribution in [0.1, 0.15) is 30.5 Å². The van der Waals surface area contributed by atoms with Crippen LogP contribution in [0.25, 0.3) is 0 Å². The molecule has 0 amide bonds. The molecule has 2 nitrogen and oxygen atoms in total. The van der Waals surface area contributed by atoms with Gasteiger partial charge in [-0.1, -0.05) is 49.0 Å². The number of hydrogen-bond donors (Lipinski definition) is 0. The number of esters is 1. The van der Waals surface area contributed by atoms with Crippen molar-refractivity contribution in [3.05, 3.63) is 83.4 Å². The second kappa shape index (κ2) is 6.51. The van der Waals surface area contributed by atoms with E-state index in [1.165, 1.54) is 19.1 Å². The smallest absolute Gasteiger partial charge is 0.416 e. The molecular formula is C19H17F3O2. The largest absolute Gasteiger partial charge is 0.446 e. The van der Waals surface area contributed by atoms with E-state index in [2.05, 4.69) is 6.58 Å². The van der Waals surface area contributed by atoms with Gasteiger partial charge < -0.3 is 4.74 Å². The van der Waals surface area contributed by atoms with Gasteiger partial charge in [0.1, 0.15) is 0 Å². The first kappa shape index (κ1) is 17.8. The summed E-state index contributed by atoms with van der Waals surface area (Å²) in [6, 6.07) is 13.4. The number of carbonyl (C=O) groups is 1. The molecule has 0 spiro atoms. The monoisotopic (exact) mass is 334 g/mol. The van der Waals surface area contributed by atoms with E-state index in [-0.39, 0.29) is 5.57 Å². The third-order valence-electron chi connectivity index (χ3n) is 3.73. The van der Waals surface area contributed by atoms with Crippen molar-refractivity contribution in [3.63, 3.8) is 0 Å². The molecule has 2 aromatic rings. The summed E-state index contributed by atoms with van der Waals surface area (Å²) in [5, 5.41) is 0. The summed E-state index contributed by atoms with van der Waals surface area (Å²) in [7, 11) is 0. The summed E-state index contributed by atoms with van der Waals surface area (Å²) >= 11 is 0. The van der Waals surface area contributed by atoms with Gasteiger partial charge >= 0.3 is 12.1 Å². The predicted octanol–water partition coefficient (Wildman–Crippen LogP) is 5.09. The maximum Gasteiger partial charge on any atom is 0.416 e. The number of alkyl halides is 3. The van der Waals surface area contributed by atoms with Crippen molar-refractivity contribution in [2.24, 2.45) is 0 Å². The van der Waals surface area contributed by atoms with E-state index in [1.54, 1.807) is 37.3 Å². The van der Waals surface area contributed by atoms with Gasteiger partial charge in [-0.15, -0.1) is 0 Å². The molecule has 0 aromatic heterocycles. The Labute approximate surface area is 138 Å². The lowest BCUT2D eigenvalue weighted by atomic mass is 9.87. The third kappa shape index (κ3) is 3.67. The summed E-state index contributed by atoms with van der Waals surface area (Å²) in [4.78, 5) is 12.0. The van der Waals surface area contributed by atoms with Crippen LogP contribution in [0.5, 0.6) is 0 Å². The highest BCUT2D eigenvalue weighted by atomic mass is 19.4. The number of rotatable bonds is 4. The molecule has 0 heterocycles. The van der Waals surface area contributed by atoms with Crippen molar-refractivity contribution < 1.29 is 22.7 Å². The molecule has 2 rings (SSSR count). The molecule has 1 atom stereocenters. The van der Waals surface area contributed by atoms with Crippen molar-refractivity contribution >= 4 is 5.97 Å². The number of carbonyl (C=O) groups excluding carboxylic acids is 1. The van der Waals surface area contributed by atoms with Crippen LogP contribution in [0.2, 0.25) is 0 Å². The zero-order valence-corrected chi connectivity index (χ0v) is 13.4. The molecular weight excluding hydrogens is 317 g/mol. The van der Waals surface area contributed by atoms with Crippen molar-refractivity contribution in [2.75, 3.05) is 0 Å². The number of ether oxygens (including phenoxy) is 1. The maximum absolute atomic E-state index is 12.8. The molecule has 1 unspecified atom stereocenters. The van der Waals surface area contributed by atoms with Crippen molar-refractivity contribution in [1.29, 1.82) is 0 Å². The Hall–Kier alpha value is -2.56. The first-order valence-corrected chi connectivity index (χ1v) is 7.26. The molecule has 5 heteroatoms. The SMILES string of the molecule is C=C(C)C(=O)OC(C)(c1ccccc1)c1ccc(C(F)(F)F)cc1. The summed E-state index contributed by atoms with van der Waals surface area (Å²) in [5.41, 5.74) is -0.672. The van der Waals surface area contributed by atoms with E-state index in [0.29, 0.717) is 11.1 Å². The Balaban J connectivity index is 2.50. The first-order chi connectivity index (χ1) is 11.1. The van der Waals surface area contributed by atoms with Gasteiger partial charge in [0.15, 0.2) is 5.60 Å². The molecule has 126 valence electrons. The van der Waals surface area contributed by atoms with E-state index in [9.17, 15) is 18.0 Å². The van der Waals surface area contributed by atoms with E-state index < -0.39 is 23.3 Å². The summed E-state index contributed by atoms with van der Waals surface area (Å²) < 4.78 is 43.9. The molecule has 24 heavy (non-hydrogen) atoms. The second-order valence-electron chi connectivity index (χ2n) is 5.64. The van der Waals surface area contributed by atoms with Crippen LogP contribution in [0.15, 0.2) is 66.7 Å². The Morgan fingerprint density at radius 2 is 1.38 bits per heavy atom. The fraction of sp³-hybridized carbons (Fsp3) is 0.211. The van der Waals surface area contributed by atoms with Gasteiger partial charge in [0.2, 0.25) is 0 Å². The number of hydrogen-bond acceptors (Lipinski definition) is 2. The van der Waals surface area contributed by atoms with Crippen LogP contribution >= 0.6 is 0 Å². The highest BCUT2D eigenvalue weighted by Gasteiger charge is 2.35. The van der Waals surface area contributed by atoms with Crippen molar-refractivity contribution in [2.45, 2.75) is 25.6 Å². The Bertz CT molecular complexity index is 733. The zero-order chi connectivity index (χ0) is 18.0. The average molecular weight is 334 g/mol. The molecule has 0 aliphatic rings. The standard InChI is InChI=1S/C19H17F3O2/c1-13(2)17(23)24-18(3,14-7-5-4-6-8-14)15-9-11-16(12-10-15)19(20,21)22/h4-12H,1H2,2-3H3. The van der Waals surface area contributed by atoms with Crippen LogP contribution in [0.4, 0.5) is 13.2 Å². The highest BCUT2D eigenvalue weighted by molar-refractivity contribution is 5.87. The van der Waals surface area contributed by atoms with E-state index in [4.69, 9.17) is 4.74 Å². The zero-order valence-electron chi connectivity index (χ0n) is 13.4. The lowest BCUT2D eigenvalue weighted by Crippen LogP contribution is -2.31. The van der Waals surface area contributed by atoms with Crippen LogP contribution in [0.3, 0.4) is 0 Å². The van der Waals surface area contributed by atoms with Crippen molar-refractivity contribution in [1.82, 2.24) is 0 Å². The number of benzene rings is 2. The Morgan fingerprint density at radius 3 is 1.83 bits per heavy atom. The molecule has 0 aliphatic carbocycles. The van der Waals surface area contributed by atoms with Crippen LogP contribution in [-0.2, 0) is 21.3 Å². The highest BCUT2D eigenvalue weighted by Crippen LogP contribution is 2.36. The van der Waals surface area contributed by atoms with Gasteiger partial charge in [0, 0.05) is 5.57 Å². The first-order valence-electron chi connectivity index (χ1n) is 7.26. The van der Waals surface area contributed by atoms with Crippen LogP contribution in [-0.4, -0.2) is 5.97 Å². The van der Waals surface area contributed by atoms with Crippen molar-refractivity contribution in [3.8, 4) is 0 Å². The van der Waals surface area contributed by atoms with E-state index in [0.717, 1.165) is 12.1 Å². The topological polar surface area (TPSA) is 26.3 Å². The van der Waals surface area contributed by atoms with E-state index in [1.807, 2.05) is 0 Å². The minimum absolute atomic E-state index is 0.212.